The van der Waals surface area contributed by atoms with Crippen LogP contribution in [-0.2, 0) is 13.2 Å². The molecule has 94 valence electrons. The van der Waals surface area contributed by atoms with Gasteiger partial charge in [0.2, 0.25) is 0 Å². The van der Waals surface area contributed by atoms with Crippen molar-refractivity contribution in [3.8, 4) is 0 Å². The SMILES string of the molecule is Cc1ccccc1CNc1cc(CO)ccc1N. The van der Waals surface area contributed by atoms with Crippen LogP contribution in [0.3, 0.4) is 0 Å². The lowest BCUT2D eigenvalue weighted by molar-refractivity contribution is 0.282. The van der Waals surface area contributed by atoms with Crippen molar-refractivity contribution in [3.63, 3.8) is 0 Å². The predicted octanol–water partition coefficient (Wildman–Crippen LogP) is 2.68. The second kappa shape index (κ2) is 5.56. The highest BCUT2D eigenvalue weighted by Gasteiger charge is 2.02. The van der Waals surface area contributed by atoms with Crippen LogP contribution in [0.5, 0.6) is 0 Å². The third-order valence-electron chi connectivity index (χ3n) is 3.03. The first kappa shape index (κ1) is 12.5. The van der Waals surface area contributed by atoms with Crippen LogP contribution < -0.4 is 11.1 Å². The molecule has 0 heterocycles. The Kier molecular flexibility index (Phi) is 3.85. The van der Waals surface area contributed by atoms with E-state index in [2.05, 4.69) is 24.4 Å². The van der Waals surface area contributed by atoms with Crippen LogP contribution in [-0.4, -0.2) is 5.11 Å². The van der Waals surface area contributed by atoms with Gasteiger partial charge in [-0.05, 0) is 35.7 Å². The summed E-state index contributed by atoms with van der Waals surface area (Å²) in [6.07, 6.45) is 0. The minimum absolute atomic E-state index is 0.0271. The first-order valence-corrected chi connectivity index (χ1v) is 5.98. The number of anilines is 2. The highest BCUT2D eigenvalue weighted by atomic mass is 16.3. The normalized spacial score (nSPS) is 10.3. The van der Waals surface area contributed by atoms with Gasteiger partial charge in [-0.15, -0.1) is 0 Å². The molecule has 4 N–H and O–H groups in total. The molecule has 0 aliphatic heterocycles. The minimum Gasteiger partial charge on any atom is -0.397 e. The lowest BCUT2D eigenvalue weighted by atomic mass is 10.1. The molecule has 0 saturated carbocycles. The molecule has 2 aromatic carbocycles. The van der Waals surface area contributed by atoms with E-state index in [-0.39, 0.29) is 6.61 Å². The molecule has 2 aromatic rings. The highest BCUT2D eigenvalue weighted by Crippen LogP contribution is 2.21. The molecule has 3 nitrogen and oxygen atoms in total. The standard InChI is InChI=1S/C15H18N2O/c1-11-4-2-3-5-13(11)9-17-15-8-12(10-18)6-7-14(15)16/h2-8,17-18H,9-10,16H2,1H3. The average molecular weight is 242 g/mol. The largest absolute Gasteiger partial charge is 0.397 e. The topological polar surface area (TPSA) is 58.3 Å². The van der Waals surface area contributed by atoms with E-state index >= 15 is 0 Å². The Morgan fingerprint density at radius 1 is 1.17 bits per heavy atom. The van der Waals surface area contributed by atoms with Gasteiger partial charge in [0, 0.05) is 6.54 Å². The molecule has 0 spiro atoms. The Balaban J connectivity index is 2.13. The van der Waals surface area contributed by atoms with Crippen LogP contribution >= 0.6 is 0 Å². The molecule has 0 aliphatic rings. The predicted molar refractivity (Wildman–Crippen MR) is 75.3 cm³/mol. The lowest BCUT2D eigenvalue weighted by Crippen LogP contribution is -2.04. The van der Waals surface area contributed by atoms with Gasteiger partial charge >= 0.3 is 0 Å². The summed E-state index contributed by atoms with van der Waals surface area (Å²) in [6, 6.07) is 13.8. The first-order chi connectivity index (χ1) is 8.70. The Morgan fingerprint density at radius 3 is 2.67 bits per heavy atom. The van der Waals surface area contributed by atoms with Crippen molar-refractivity contribution < 1.29 is 5.11 Å². The molecule has 3 heteroatoms. The van der Waals surface area contributed by atoms with Crippen molar-refractivity contribution in [2.45, 2.75) is 20.1 Å². The molecular formula is C15H18N2O. The zero-order valence-electron chi connectivity index (χ0n) is 10.5. The minimum atomic E-state index is 0.0271. The van der Waals surface area contributed by atoms with Gasteiger partial charge in [-0.25, -0.2) is 0 Å². The van der Waals surface area contributed by atoms with Gasteiger partial charge in [-0.2, -0.15) is 0 Å². The van der Waals surface area contributed by atoms with E-state index in [1.165, 1.54) is 11.1 Å². The first-order valence-electron chi connectivity index (χ1n) is 5.98. The summed E-state index contributed by atoms with van der Waals surface area (Å²) >= 11 is 0. The van der Waals surface area contributed by atoms with Crippen molar-refractivity contribution in [2.75, 3.05) is 11.1 Å². The highest BCUT2D eigenvalue weighted by molar-refractivity contribution is 5.67. The molecule has 0 amide bonds. The van der Waals surface area contributed by atoms with E-state index < -0.39 is 0 Å². The van der Waals surface area contributed by atoms with Crippen molar-refractivity contribution in [1.29, 1.82) is 0 Å². The Hall–Kier alpha value is -2.00. The second-order valence-corrected chi connectivity index (χ2v) is 4.36. The van der Waals surface area contributed by atoms with Crippen molar-refractivity contribution in [1.82, 2.24) is 0 Å². The van der Waals surface area contributed by atoms with Gasteiger partial charge in [0.15, 0.2) is 0 Å². The van der Waals surface area contributed by atoms with Gasteiger partial charge in [0.1, 0.15) is 0 Å². The van der Waals surface area contributed by atoms with Gasteiger partial charge in [0.05, 0.1) is 18.0 Å². The lowest BCUT2D eigenvalue weighted by Gasteiger charge is -2.12. The van der Waals surface area contributed by atoms with Crippen molar-refractivity contribution in [2.24, 2.45) is 0 Å². The third-order valence-corrected chi connectivity index (χ3v) is 3.03. The molecule has 18 heavy (non-hydrogen) atoms. The zero-order chi connectivity index (χ0) is 13.0. The number of nitrogens with one attached hydrogen (secondary N) is 1. The summed E-state index contributed by atoms with van der Waals surface area (Å²) in [5.41, 5.74) is 10.8. The molecular weight excluding hydrogens is 224 g/mol. The van der Waals surface area contributed by atoms with Crippen LogP contribution in [0.1, 0.15) is 16.7 Å². The fourth-order valence-corrected chi connectivity index (χ4v) is 1.85. The van der Waals surface area contributed by atoms with Gasteiger partial charge in [0.25, 0.3) is 0 Å². The smallest absolute Gasteiger partial charge is 0.0682 e. The number of rotatable bonds is 4. The fraction of sp³-hybridized carbons (Fsp3) is 0.200. The summed E-state index contributed by atoms with van der Waals surface area (Å²) < 4.78 is 0. The molecule has 0 unspecified atom stereocenters. The third kappa shape index (κ3) is 2.81. The quantitative estimate of drug-likeness (QED) is 0.722. The van der Waals surface area contributed by atoms with Crippen LogP contribution in [0.25, 0.3) is 0 Å². The molecule has 0 aliphatic carbocycles. The van der Waals surface area contributed by atoms with E-state index in [4.69, 9.17) is 10.8 Å². The molecule has 2 rings (SSSR count). The van der Waals surface area contributed by atoms with Crippen molar-refractivity contribution in [3.05, 3.63) is 59.2 Å². The molecule has 0 bridgehead atoms. The molecule has 0 atom stereocenters. The van der Waals surface area contributed by atoms with Crippen molar-refractivity contribution >= 4 is 11.4 Å². The van der Waals surface area contributed by atoms with Crippen LogP contribution in [0.4, 0.5) is 11.4 Å². The number of nitrogens with two attached hydrogens (primary N) is 1. The molecule has 0 radical (unpaired) electrons. The van der Waals surface area contributed by atoms with E-state index in [1.54, 1.807) is 0 Å². The fourth-order valence-electron chi connectivity index (χ4n) is 1.85. The van der Waals surface area contributed by atoms with Gasteiger partial charge in [-0.1, -0.05) is 30.3 Å². The van der Waals surface area contributed by atoms with Crippen LogP contribution in [0, 0.1) is 6.92 Å². The zero-order valence-corrected chi connectivity index (χ0v) is 10.5. The summed E-state index contributed by atoms with van der Waals surface area (Å²) in [5, 5.41) is 12.4. The molecule has 0 aromatic heterocycles. The van der Waals surface area contributed by atoms with E-state index in [0.717, 1.165) is 17.8 Å². The Morgan fingerprint density at radius 2 is 1.94 bits per heavy atom. The van der Waals surface area contributed by atoms with Crippen LogP contribution in [0.15, 0.2) is 42.5 Å². The number of nitrogen functional groups attached to an aromatic ring is 1. The maximum atomic E-state index is 9.11. The Labute approximate surface area is 107 Å². The maximum Gasteiger partial charge on any atom is 0.0682 e. The number of aliphatic hydroxyl groups is 1. The molecule has 0 saturated heterocycles. The van der Waals surface area contributed by atoms with Gasteiger partial charge in [-0.3, -0.25) is 0 Å². The second-order valence-electron chi connectivity index (χ2n) is 4.36. The maximum absolute atomic E-state index is 9.11. The number of aliphatic hydroxyl groups excluding tert-OH is 1. The van der Waals surface area contributed by atoms with Crippen LogP contribution in [0.2, 0.25) is 0 Å². The number of aryl methyl sites for hydroxylation is 1. The van der Waals surface area contributed by atoms with Gasteiger partial charge < -0.3 is 16.2 Å². The summed E-state index contributed by atoms with van der Waals surface area (Å²) in [4.78, 5) is 0. The van der Waals surface area contributed by atoms with E-state index in [0.29, 0.717) is 5.69 Å². The van der Waals surface area contributed by atoms with E-state index in [9.17, 15) is 0 Å². The average Bonchev–Trinajstić information content (AvgIpc) is 2.39. The summed E-state index contributed by atoms with van der Waals surface area (Å²) in [6.45, 7) is 2.84. The summed E-state index contributed by atoms with van der Waals surface area (Å²) in [5.74, 6) is 0. The summed E-state index contributed by atoms with van der Waals surface area (Å²) in [7, 11) is 0. The number of hydrogen-bond acceptors (Lipinski definition) is 3. The Bertz CT molecular complexity index is 538. The number of hydrogen-bond donors (Lipinski definition) is 3. The molecule has 0 fully saturated rings. The monoisotopic (exact) mass is 242 g/mol. The van der Waals surface area contributed by atoms with E-state index in [1.807, 2.05) is 30.3 Å². The number of benzene rings is 2.